The number of piperidine rings is 1. The van der Waals surface area contributed by atoms with Crippen molar-refractivity contribution in [2.45, 2.75) is 52.2 Å². The highest BCUT2D eigenvalue weighted by atomic mass is 16.3. The topological polar surface area (TPSA) is 54.2 Å². The van der Waals surface area contributed by atoms with Crippen LogP contribution in [0.4, 0.5) is 0 Å². The predicted octanol–water partition coefficient (Wildman–Crippen LogP) is 1.28. The molecule has 1 fully saturated rings. The van der Waals surface area contributed by atoms with Crippen LogP contribution in [0.1, 0.15) is 38.9 Å². The Bertz CT molecular complexity index is 364. The van der Waals surface area contributed by atoms with Crippen molar-refractivity contribution in [2.24, 2.45) is 5.92 Å². The summed E-state index contributed by atoms with van der Waals surface area (Å²) in [6.45, 7) is 7.38. The van der Waals surface area contributed by atoms with Gasteiger partial charge in [0.25, 0.3) is 0 Å². The maximum absolute atomic E-state index is 9.42. The normalized spacial score (nSPS) is 21.7. The Morgan fingerprint density at radius 1 is 1.44 bits per heavy atom. The van der Waals surface area contributed by atoms with Gasteiger partial charge in [-0.05, 0) is 25.3 Å². The lowest BCUT2D eigenvalue weighted by Gasteiger charge is -2.34. The quantitative estimate of drug-likeness (QED) is 0.857. The van der Waals surface area contributed by atoms with Crippen LogP contribution in [-0.4, -0.2) is 44.0 Å². The fourth-order valence-corrected chi connectivity index (χ4v) is 2.57. The molecule has 1 atom stereocenters. The number of aromatic nitrogens is 3. The first-order valence-electron chi connectivity index (χ1n) is 6.92. The SMILES string of the molecule is CC(C)Cn1ncnc1CN1CCCCC1CO. The van der Waals surface area contributed by atoms with Crippen LogP contribution in [-0.2, 0) is 13.1 Å². The molecule has 1 aromatic rings. The third-order valence-corrected chi connectivity index (χ3v) is 3.54. The second-order valence-electron chi connectivity index (χ2n) is 5.55. The third kappa shape index (κ3) is 3.29. The van der Waals surface area contributed by atoms with Crippen LogP contribution >= 0.6 is 0 Å². The molecule has 2 rings (SSSR count). The summed E-state index contributed by atoms with van der Waals surface area (Å²) in [5, 5.41) is 13.7. The number of aliphatic hydroxyl groups excluding tert-OH is 1. The summed E-state index contributed by atoms with van der Waals surface area (Å²) >= 11 is 0. The minimum absolute atomic E-state index is 0.248. The minimum Gasteiger partial charge on any atom is -0.395 e. The molecular weight excluding hydrogens is 228 g/mol. The van der Waals surface area contributed by atoms with Gasteiger partial charge in [-0.3, -0.25) is 4.90 Å². The van der Waals surface area contributed by atoms with Crippen LogP contribution < -0.4 is 0 Å². The van der Waals surface area contributed by atoms with Crippen molar-refractivity contribution in [1.82, 2.24) is 19.7 Å². The lowest BCUT2D eigenvalue weighted by molar-refractivity contribution is 0.0804. The zero-order chi connectivity index (χ0) is 13.0. The number of aliphatic hydroxyl groups is 1. The van der Waals surface area contributed by atoms with Crippen molar-refractivity contribution < 1.29 is 5.11 Å². The highest BCUT2D eigenvalue weighted by Crippen LogP contribution is 2.18. The van der Waals surface area contributed by atoms with Crippen LogP contribution in [0.2, 0.25) is 0 Å². The lowest BCUT2D eigenvalue weighted by Crippen LogP contribution is -2.41. The molecule has 18 heavy (non-hydrogen) atoms. The van der Waals surface area contributed by atoms with Gasteiger partial charge in [-0.2, -0.15) is 5.10 Å². The van der Waals surface area contributed by atoms with Crippen LogP contribution in [0, 0.1) is 5.92 Å². The van der Waals surface area contributed by atoms with E-state index in [0.717, 1.165) is 31.9 Å². The highest BCUT2D eigenvalue weighted by molar-refractivity contribution is 4.88. The first-order valence-corrected chi connectivity index (χ1v) is 6.92. The van der Waals surface area contributed by atoms with Crippen LogP contribution in [0.5, 0.6) is 0 Å². The Morgan fingerprint density at radius 3 is 3.00 bits per heavy atom. The molecule has 0 aliphatic carbocycles. The van der Waals surface area contributed by atoms with Gasteiger partial charge < -0.3 is 5.11 Å². The number of hydrogen-bond acceptors (Lipinski definition) is 4. The summed E-state index contributed by atoms with van der Waals surface area (Å²) in [4.78, 5) is 6.70. The molecular formula is C13H24N4O. The predicted molar refractivity (Wildman–Crippen MR) is 70.0 cm³/mol. The number of nitrogens with zero attached hydrogens (tertiary/aromatic N) is 4. The highest BCUT2D eigenvalue weighted by Gasteiger charge is 2.23. The van der Waals surface area contributed by atoms with E-state index in [4.69, 9.17) is 0 Å². The molecule has 1 N–H and O–H groups in total. The van der Waals surface area contributed by atoms with Gasteiger partial charge in [0, 0.05) is 12.6 Å². The van der Waals surface area contributed by atoms with Crippen molar-refractivity contribution in [3.8, 4) is 0 Å². The van der Waals surface area contributed by atoms with E-state index in [-0.39, 0.29) is 6.61 Å². The van der Waals surface area contributed by atoms with Gasteiger partial charge in [-0.1, -0.05) is 20.3 Å². The molecule has 2 heterocycles. The fourth-order valence-electron chi connectivity index (χ4n) is 2.57. The second kappa shape index (κ2) is 6.29. The molecule has 1 aliphatic rings. The van der Waals surface area contributed by atoms with Crippen molar-refractivity contribution in [3.05, 3.63) is 12.2 Å². The Kier molecular flexibility index (Phi) is 4.72. The van der Waals surface area contributed by atoms with E-state index in [0.29, 0.717) is 12.0 Å². The molecule has 0 radical (unpaired) electrons. The van der Waals surface area contributed by atoms with E-state index in [1.807, 2.05) is 4.68 Å². The van der Waals surface area contributed by atoms with Crippen molar-refractivity contribution in [3.63, 3.8) is 0 Å². The van der Waals surface area contributed by atoms with E-state index in [2.05, 4.69) is 28.8 Å². The van der Waals surface area contributed by atoms with E-state index >= 15 is 0 Å². The number of hydrogen-bond donors (Lipinski definition) is 1. The summed E-state index contributed by atoms with van der Waals surface area (Å²) in [6.07, 6.45) is 5.17. The summed E-state index contributed by atoms with van der Waals surface area (Å²) < 4.78 is 1.99. The summed E-state index contributed by atoms with van der Waals surface area (Å²) in [5.74, 6) is 1.59. The molecule has 1 unspecified atom stereocenters. The fraction of sp³-hybridized carbons (Fsp3) is 0.846. The van der Waals surface area contributed by atoms with Gasteiger partial charge >= 0.3 is 0 Å². The maximum atomic E-state index is 9.42. The summed E-state index contributed by atoms with van der Waals surface area (Å²) in [6, 6.07) is 0.294. The average Bonchev–Trinajstić information content (AvgIpc) is 2.76. The van der Waals surface area contributed by atoms with Crippen LogP contribution in [0.3, 0.4) is 0 Å². The Balaban J connectivity index is 2.01. The molecule has 1 aliphatic heterocycles. The molecule has 0 saturated carbocycles. The van der Waals surface area contributed by atoms with Crippen molar-refractivity contribution >= 4 is 0 Å². The van der Waals surface area contributed by atoms with E-state index in [9.17, 15) is 5.11 Å². The molecule has 102 valence electrons. The third-order valence-electron chi connectivity index (χ3n) is 3.54. The lowest BCUT2D eigenvalue weighted by atomic mass is 10.0. The van der Waals surface area contributed by atoms with Gasteiger partial charge in [0.2, 0.25) is 0 Å². The maximum Gasteiger partial charge on any atom is 0.141 e. The molecule has 0 spiro atoms. The molecule has 1 aromatic heterocycles. The minimum atomic E-state index is 0.248. The first kappa shape index (κ1) is 13.5. The Labute approximate surface area is 109 Å². The molecule has 5 nitrogen and oxygen atoms in total. The summed E-state index contributed by atoms with van der Waals surface area (Å²) in [7, 11) is 0. The second-order valence-corrected chi connectivity index (χ2v) is 5.55. The molecule has 5 heteroatoms. The Hall–Kier alpha value is -0.940. The number of rotatable bonds is 5. The molecule has 0 aromatic carbocycles. The zero-order valence-corrected chi connectivity index (χ0v) is 11.4. The van der Waals surface area contributed by atoms with Gasteiger partial charge in [0.05, 0.1) is 13.2 Å². The standard InChI is InChI=1S/C13H24N4O/c1-11(2)7-17-13(14-10-15-17)8-16-6-4-3-5-12(16)9-18/h10-12,18H,3-9H2,1-2H3. The number of likely N-dealkylation sites (tertiary alicyclic amines) is 1. The van der Waals surface area contributed by atoms with E-state index < -0.39 is 0 Å². The van der Waals surface area contributed by atoms with E-state index in [1.165, 1.54) is 12.8 Å². The van der Waals surface area contributed by atoms with Crippen molar-refractivity contribution in [2.75, 3.05) is 13.2 Å². The van der Waals surface area contributed by atoms with Gasteiger partial charge in [-0.15, -0.1) is 0 Å². The molecule has 0 bridgehead atoms. The van der Waals surface area contributed by atoms with Crippen LogP contribution in [0.15, 0.2) is 6.33 Å². The van der Waals surface area contributed by atoms with Gasteiger partial charge in [-0.25, -0.2) is 9.67 Å². The van der Waals surface area contributed by atoms with Crippen LogP contribution in [0.25, 0.3) is 0 Å². The zero-order valence-electron chi connectivity index (χ0n) is 11.4. The largest absolute Gasteiger partial charge is 0.395 e. The molecule has 1 saturated heterocycles. The smallest absolute Gasteiger partial charge is 0.141 e. The van der Waals surface area contributed by atoms with Gasteiger partial charge in [0.1, 0.15) is 12.2 Å². The van der Waals surface area contributed by atoms with Gasteiger partial charge in [0.15, 0.2) is 0 Å². The van der Waals surface area contributed by atoms with Crippen molar-refractivity contribution in [1.29, 1.82) is 0 Å². The monoisotopic (exact) mass is 252 g/mol. The van der Waals surface area contributed by atoms with E-state index in [1.54, 1.807) is 6.33 Å². The summed E-state index contributed by atoms with van der Waals surface area (Å²) in [5.41, 5.74) is 0. The average molecular weight is 252 g/mol. The first-order chi connectivity index (χ1) is 8.70. The Morgan fingerprint density at radius 2 is 2.28 bits per heavy atom. The molecule has 0 amide bonds.